The van der Waals surface area contributed by atoms with Crippen molar-refractivity contribution in [1.82, 2.24) is 4.98 Å². The second-order valence-electron chi connectivity index (χ2n) is 4.01. The van der Waals surface area contributed by atoms with Crippen LogP contribution in [0.4, 0.5) is 5.69 Å². The van der Waals surface area contributed by atoms with Crippen molar-refractivity contribution in [2.24, 2.45) is 5.92 Å². The molecule has 0 saturated carbocycles. The summed E-state index contributed by atoms with van der Waals surface area (Å²) >= 11 is 5.85. The smallest absolute Gasteiger partial charge is 0.131 e. The van der Waals surface area contributed by atoms with Crippen LogP contribution in [0.25, 0.3) is 0 Å². The third-order valence-electron chi connectivity index (χ3n) is 2.86. The van der Waals surface area contributed by atoms with E-state index in [0.717, 1.165) is 19.0 Å². The summed E-state index contributed by atoms with van der Waals surface area (Å²) < 4.78 is 0. The number of hydrogen-bond acceptors (Lipinski definition) is 2. The Morgan fingerprint density at radius 1 is 1.43 bits per heavy atom. The van der Waals surface area contributed by atoms with Gasteiger partial charge in [0.25, 0.3) is 0 Å². The molecule has 14 heavy (non-hydrogen) atoms. The zero-order chi connectivity index (χ0) is 9.97. The van der Waals surface area contributed by atoms with E-state index in [1.165, 1.54) is 18.5 Å². The van der Waals surface area contributed by atoms with E-state index in [1.54, 1.807) is 6.20 Å². The lowest BCUT2D eigenvalue weighted by atomic mass is 9.99. The van der Waals surface area contributed by atoms with Crippen molar-refractivity contribution in [2.75, 3.05) is 18.0 Å². The Hall–Kier alpha value is -0.760. The average Bonchev–Trinajstić information content (AvgIpc) is 2.19. The summed E-state index contributed by atoms with van der Waals surface area (Å²) in [5, 5.41) is 0.584. The first kappa shape index (κ1) is 9.78. The second-order valence-corrected chi connectivity index (χ2v) is 4.39. The summed E-state index contributed by atoms with van der Waals surface area (Å²) in [4.78, 5) is 6.37. The molecule has 0 atom stereocenters. The Morgan fingerprint density at radius 2 is 2.14 bits per heavy atom. The average molecular weight is 211 g/mol. The Kier molecular flexibility index (Phi) is 2.92. The molecule has 2 nitrogen and oxygen atoms in total. The van der Waals surface area contributed by atoms with Crippen LogP contribution in [0.5, 0.6) is 0 Å². The number of hydrogen-bond donors (Lipinski definition) is 0. The molecular formula is C11H15ClN2. The number of pyridine rings is 1. The highest BCUT2D eigenvalue weighted by atomic mass is 35.5. The molecule has 1 fully saturated rings. The standard InChI is InChI=1S/C11H15ClN2/c1-9-3-6-14(7-4-9)10-2-5-13-11(12)8-10/h2,5,8-9H,3-4,6-7H2,1H3. The van der Waals surface area contributed by atoms with Crippen molar-refractivity contribution in [3.05, 3.63) is 23.5 Å². The lowest BCUT2D eigenvalue weighted by molar-refractivity contribution is 0.438. The summed E-state index contributed by atoms with van der Waals surface area (Å²) in [6.45, 7) is 4.60. The Morgan fingerprint density at radius 3 is 2.79 bits per heavy atom. The second kappa shape index (κ2) is 4.18. The fourth-order valence-corrected chi connectivity index (χ4v) is 2.02. The minimum atomic E-state index is 0.584. The van der Waals surface area contributed by atoms with E-state index in [2.05, 4.69) is 16.8 Å². The zero-order valence-electron chi connectivity index (χ0n) is 8.41. The largest absolute Gasteiger partial charge is 0.371 e. The Bertz CT molecular complexity index is 306. The Labute approximate surface area is 89.9 Å². The van der Waals surface area contributed by atoms with Crippen molar-refractivity contribution in [3.8, 4) is 0 Å². The maximum absolute atomic E-state index is 5.85. The number of rotatable bonds is 1. The monoisotopic (exact) mass is 210 g/mol. The Balaban J connectivity index is 2.08. The molecule has 1 aliphatic rings. The minimum Gasteiger partial charge on any atom is -0.371 e. The molecule has 1 aromatic rings. The first-order chi connectivity index (χ1) is 6.75. The van der Waals surface area contributed by atoms with Gasteiger partial charge in [-0.25, -0.2) is 4.98 Å². The topological polar surface area (TPSA) is 16.1 Å². The summed E-state index contributed by atoms with van der Waals surface area (Å²) in [6, 6.07) is 3.97. The first-order valence-corrected chi connectivity index (χ1v) is 5.50. The lowest BCUT2D eigenvalue weighted by Gasteiger charge is -2.32. The maximum Gasteiger partial charge on any atom is 0.131 e. The van der Waals surface area contributed by atoms with Crippen molar-refractivity contribution in [3.63, 3.8) is 0 Å². The van der Waals surface area contributed by atoms with E-state index in [9.17, 15) is 0 Å². The number of nitrogens with zero attached hydrogens (tertiary/aromatic N) is 2. The van der Waals surface area contributed by atoms with E-state index in [-0.39, 0.29) is 0 Å². The van der Waals surface area contributed by atoms with Crippen LogP contribution in [0.15, 0.2) is 18.3 Å². The first-order valence-electron chi connectivity index (χ1n) is 5.12. The maximum atomic E-state index is 5.85. The van der Waals surface area contributed by atoms with Gasteiger partial charge in [0.2, 0.25) is 0 Å². The summed E-state index contributed by atoms with van der Waals surface area (Å²) in [7, 11) is 0. The van der Waals surface area contributed by atoms with Gasteiger partial charge in [0, 0.05) is 25.0 Å². The van der Waals surface area contributed by atoms with Gasteiger partial charge in [0.15, 0.2) is 0 Å². The summed E-state index contributed by atoms with van der Waals surface area (Å²) in [5.74, 6) is 0.864. The van der Waals surface area contributed by atoms with Crippen molar-refractivity contribution < 1.29 is 0 Å². The molecule has 0 amide bonds. The van der Waals surface area contributed by atoms with E-state index >= 15 is 0 Å². The third kappa shape index (κ3) is 2.18. The van der Waals surface area contributed by atoms with Crippen LogP contribution in [0.3, 0.4) is 0 Å². The molecule has 0 unspecified atom stereocenters. The molecule has 0 radical (unpaired) electrons. The summed E-state index contributed by atoms with van der Waals surface area (Å²) in [6.07, 6.45) is 4.33. The van der Waals surface area contributed by atoms with Crippen LogP contribution in [-0.2, 0) is 0 Å². The molecule has 0 aliphatic carbocycles. The molecule has 1 aromatic heterocycles. The molecule has 1 saturated heterocycles. The molecule has 0 aromatic carbocycles. The predicted octanol–water partition coefficient (Wildman–Crippen LogP) is 2.97. The molecule has 0 N–H and O–H groups in total. The fraction of sp³-hybridized carbons (Fsp3) is 0.545. The van der Waals surface area contributed by atoms with Gasteiger partial charge >= 0.3 is 0 Å². The van der Waals surface area contributed by atoms with E-state index in [1.807, 2.05) is 12.1 Å². The zero-order valence-corrected chi connectivity index (χ0v) is 9.17. The number of anilines is 1. The van der Waals surface area contributed by atoms with Gasteiger partial charge in [0.05, 0.1) is 0 Å². The van der Waals surface area contributed by atoms with Crippen molar-refractivity contribution in [1.29, 1.82) is 0 Å². The highest BCUT2D eigenvalue weighted by Crippen LogP contribution is 2.23. The van der Waals surface area contributed by atoms with Gasteiger partial charge in [-0.3, -0.25) is 0 Å². The van der Waals surface area contributed by atoms with E-state index in [4.69, 9.17) is 11.6 Å². The molecular weight excluding hydrogens is 196 g/mol. The van der Waals surface area contributed by atoms with Crippen LogP contribution in [-0.4, -0.2) is 18.1 Å². The lowest BCUT2D eigenvalue weighted by Crippen LogP contribution is -2.32. The van der Waals surface area contributed by atoms with Gasteiger partial charge < -0.3 is 4.90 Å². The molecule has 3 heteroatoms. The highest BCUT2D eigenvalue weighted by molar-refractivity contribution is 6.29. The SMILES string of the molecule is CC1CCN(c2ccnc(Cl)c2)CC1. The van der Waals surface area contributed by atoms with Gasteiger partial charge in [-0.1, -0.05) is 18.5 Å². The minimum absolute atomic E-state index is 0.584. The number of piperidine rings is 1. The van der Waals surface area contributed by atoms with Crippen LogP contribution >= 0.6 is 11.6 Å². The predicted molar refractivity (Wildman–Crippen MR) is 59.9 cm³/mol. The molecule has 76 valence electrons. The quantitative estimate of drug-likeness (QED) is 0.663. The highest BCUT2D eigenvalue weighted by Gasteiger charge is 2.15. The summed E-state index contributed by atoms with van der Waals surface area (Å²) in [5.41, 5.74) is 1.21. The van der Waals surface area contributed by atoms with Crippen LogP contribution in [0.2, 0.25) is 5.15 Å². The van der Waals surface area contributed by atoms with Crippen LogP contribution in [0.1, 0.15) is 19.8 Å². The molecule has 0 bridgehead atoms. The van der Waals surface area contributed by atoms with Crippen molar-refractivity contribution >= 4 is 17.3 Å². The normalized spacial score (nSPS) is 18.6. The van der Waals surface area contributed by atoms with Gasteiger partial charge in [-0.2, -0.15) is 0 Å². The fourth-order valence-electron chi connectivity index (χ4n) is 1.86. The van der Waals surface area contributed by atoms with E-state index in [0.29, 0.717) is 5.15 Å². The van der Waals surface area contributed by atoms with Crippen LogP contribution < -0.4 is 4.90 Å². The molecule has 2 heterocycles. The third-order valence-corrected chi connectivity index (χ3v) is 3.07. The van der Waals surface area contributed by atoms with Gasteiger partial charge in [-0.15, -0.1) is 0 Å². The molecule has 2 rings (SSSR count). The van der Waals surface area contributed by atoms with Crippen LogP contribution in [0, 0.1) is 5.92 Å². The van der Waals surface area contributed by atoms with Crippen molar-refractivity contribution in [2.45, 2.75) is 19.8 Å². The van der Waals surface area contributed by atoms with E-state index < -0.39 is 0 Å². The number of halogens is 1. The van der Waals surface area contributed by atoms with Gasteiger partial charge in [-0.05, 0) is 30.9 Å². The molecule has 0 spiro atoms. The number of aromatic nitrogens is 1. The molecule has 1 aliphatic heterocycles. The van der Waals surface area contributed by atoms with Gasteiger partial charge in [0.1, 0.15) is 5.15 Å².